The average Bonchev–Trinajstić information content (AvgIpc) is 3.01. The molecule has 0 saturated heterocycles. The first-order valence-electron chi connectivity index (χ1n) is 11.7. The summed E-state index contributed by atoms with van der Waals surface area (Å²) in [6.45, 7) is 0.970. The van der Waals surface area contributed by atoms with Crippen LogP contribution in [0, 0.1) is 10.1 Å². The van der Waals surface area contributed by atoms with Gasteiger partial charge in [0.05, 0.1) is 33.6 Å². The van der Waals surface area contributed by atoms with Crippen molar-refractivity contribution in [2.45, 2.75) is 16.2 Å². The Hall–Kier alpha value is -3.60. The van der Waals surface area contributed by atoms with Crippen LogP contribution in [-0.4, -0.2) is 62.1 Å². The lowest BCUT2D eigenvalue weighted by molar-refractivity contribution is -0.384. The number of amides is 1. The fraction of sp³-hybridized carbons (Fsp3) is 0.259. The summed E-state index contributed by atoms with van der Waals surface area (Å²) in [7, 11) is 5.39. The maximum absolute atomic E-state index is 14.1. The number of fused-ring (bicyclic) bond motifs is 1. The molecule has 0 unspecified atom stereocenters. The molecule has 0 fully saturated rings. The van der Waals surface area contributed by atoms with Crippen LogP contribution in [0.3, 0.4) is 0 Å². The average molecular weight is 556 g/mol. The molecular weight excluding hydrogens is 530 g/mol. The van der Waals surface area contributed by atoms with E-state index in [9.17, 15) is 19.7 Å². The minimum absolute atomic E-state index is 0.0647. The molecule has 1 aliphatic rings. The first kappa shape index (κ1) is 27.4. The quantitative estimate of drug-likeness (QED) is 0.212. The van der Waals surface area contributed by atoms with Crippen molar-refractivity contribution >= 4 is 46.6 Å². The van der Waals surface area contributed by atoms with Crippen LogP contribution in [0.5, 0.6) is 5.75 Å². The third kappa shape index (κ3) is 5.93. The van der Waals surface area contributed by atoms with E-state index in [1.54, 1.807) is 24.1 Å². The van der Waals surface area contributed by atoms with Gasteiger partial charge in [-0.1, -0.05) is 35.9 Å². The minimum Gasteiger partial charge on any atom is -0.497 e. The molecule has 1 amide bonds. The van der Waals surface area contributed by atoms with Gasteiger partial charge >= 0.3 is 5.97 Å². The number of carbonyl (C=O) groups is 2. The maximum Gasteiger partial charge on any atom is 0.340 e. The Balaban J connectivity index is 1.76. The molecular formula is C27H26ClN3O6S. The second-order valence-electron chi connectivity index (χ2n) is 8.82. The Labute approximate surface area is 229 Å². The van der Waals surface area contributed by atoms with Crippen LogP contribution < -0.4 is 9.64 Å². The summed E-state index contributed by atoms with van der Waals surface area (Å²) in [6, 6.07) is 18.3. The number of hydrogen-bond acceptors (Lipinski definition) is 8. The van der Waals surface area contributed by atoms with Crippen molar-refractivity contribution in [2.24, 2.45) is 0 Å². The zero-order chi connectivity index (χ0) is 27.4. The van der Waals surface area contributed by atoms with Crippen molar-refractivity contribution in [3.63, 3.8) is 0 Å². The topological polar surface area (TPSA) is 102 Å². The molecule has 2 atom stereocenters. The number of rotatable bonds is 8. The number of para-hydroxylation sites is 1. The lowest BCUT2D eigenvalue weighted by Gasteiger charge is -2.28. The van der Waals surface area contributed by atoms with E-state index < -0.39 is 22.2 Å². The Morgan fingerprint density at radius 1 is 1.13 bits per heavy atom. The fourth-order valence-electron chi connectivity index (χ4n) is 4.02. The normalized spacial score (nSPS) is 17.1. The van der Waals surface area contributed by atoms with E-state index in [1.165, 1.54) is 23.9 Å². The number of carbonyl (C=O) groups excluding carboxylic acids is 2. The number of anilines is 1. The highest BCUT2D eigenvalue weighted by molar-refractivity contribution is 7.99. The van der Waals surface area contributed by atoms with E-state index in [1.807, 2.05) is 55.4 Å². The van der Waals surface area contributed by atoms with Crippen LogP contribution >= 0.6 is 23.4 Å². The van der Waals surface area contributed by atoms with E-state index in [4.69, 9.17) is 21.1 Å². The number of hydrogen-bond donors (Lipinski definition) is 0. The van der Waals surface area contributed by atoms with Crippen molar-refractivity contribution in [2.75, 3.05) is 39.2 Å². The standard InChI is InChI=1S/C27H26ClN3O6S/c1-29(2)14-15-30-22-6-4-5-7-23(22)38-25(17-8-11-19(36-3)12-9-17)24(26(30)32)37-27(33)20-13-10-18(31(34)35)16-21(20)28/h4-13,16,24-25H,14-15H2,1-3H3/t24-,25+/m0/s1. The van der Waals surface area contributed by atoms with Crippen LogP contribution in [-0.2, 0) is 9.53 Å². The molecule has 198 valence electrons. The smallest absolute Gasteiger partial charge is 0.340 e. The van der Waals surface area contributed by atoms with Crippen molar-refractivity contribution in [3.05, 3.63) is 93.0 Å². The summed E-state index contributed by atoms with van der Waals surface area (Å²) >= 11 is 7.63. The zero-order valence-corrected chi connectivity index (χ0v) is 22.6. The van der Waals surface area contributed by atoms with Gasteiger partial charge < -0.3 is 19.3 Å². The Morgan fingerprint density at radius 2 is 1.84 bits per heavy atom. The number of likely N-dealkylation sites (N-methyl/N-ethyl adjacent to an activating group) is 1. The number of thioether (sulfide) groups is 1. The Kier molecular flexibility index (Phi) is 8.55. The number of ether oxygens (including phenoxy) is 2. The van der Waals surface area contributed by atoms with Crippen molar-refractivity contribution in [1.82, 2.24) is 4.90 Å². The molecule has 3 aromatic carbocycles. The number of nitrogens with zero attached hydrogens (tertiary/aromatic N) is 3. The van der Waals surface area contributed by atoms with Crippen LogP contribution in [0.25, 0.3) is 0 Å². The van der Waals surface area contributed by atoms with Gasteiger partial charge in [-0.15, -0.1) is 11.8 Å². The van der Waals surface area contributed by atoms with E-state index >= 15 is 0 Å². The van der Waals surface area contributed by atoms with Gasteiger partial charge in [-0.25, -0.2) is 4.79 Å². The van der Waals surface area contributed by atoms with Gasteiger partial charge in [0.2, 0.25) is 0 Å². The summed E-state index contributed by atoms with van der Waals surface area (Å²) in [5.74, 6) is -0.574. The number of nitro benzene ring substituents is 1. The minimum atomic E-state index is -1.21. The van der Waals surface area contributed by atoms with Crippen molar-refractivity contribution in [1.29, 1.82) is 0 Å². The van der Waals surface area contributed by atoms with Crippen LogP contribution in [0.1, 0.15) is 21.2 Å². The molecule has 3 aromatic rings. The SMILES string of the molecule is COc1ccc([C@H]2Sc3ccccc3N(CCN(C)C)C(=O)[C@H]2OC(=O)c2ccc([N+](=O)[O-])cc2Cl)cc1. The van der Waals surface area contributed by atoms with Gasteiger partial charge in [0.15, 0.2) is 6.10 Å². The Bertz CT molecular complexity index is 1350. The van der Waals surface area contributed by atoms with E-state index in [2.05, 4.69) is 0 Å². The monoisotopic (exact) mass is 555 g/mol. The predicted octanol–water partition coefficient (Wildman–Crippen LogP) is 5.22. The van der Waals surface area contributed by atoms with Crippen molar-refractivity contribution < 1.29 is 24.0 Å². The number of nitro groups is 1. The molecule has 1 heterocycles. The molecule has 0 aliphatic carbocycles. The fourth-order valence-corrected chi connectivity index (χ4v) is 5.59. The van der Waals surface area contributed by atoms with E-state index in [-0.39, 0.29) is 22.2 Å². The molecule has 0 spiro atoms. The lowest BCUT2D eigenvalue weighted by atomic mass is 10.0. The Morgan fingerprint density at radius 3 is 2.47 bits per heavy atom. The predicted molar refractivity (Wildman–Crippen MR) is 146 cm³/mol. The highest BCUT2D eigenvalue weighted by Gasteiger charge is 2.41. The number of benzene rings is 3. The van der Waals surface area contributed by atoms with Gasteiger partial charge in [-0.2, -0.15) is 0 Å². The molecule has 0 bridgehead atoms. The highest BCUT2D eigenvalue weighted by Crippen LogP contribution is 2.47. The second kappa shape index (κ2) is 11.8. The van der Waals surface area contributed by atoms with Crippen LogP contribution in [0.15, 0.2) is 71.6 Å². The summed E-state index contributed by atoms with van der Waals surface area (Å²) < 4.78 is 11.2. The molecule has 38 heavy (non-hydrogen) atoms. The van der Waals surface area contributed by atoms with Crippen molar-refractivity contribution in [3.8, 4) is 5.75 Å². The van der Waals surface area contributed by atoms with Crippen LogP contribution in [0.4, 0.5) is 11.4 Å². The largest absolute Gasteiger partial charge is 0.497 e. The first-order valence-corrected chi connectivity index (χ1v) is 13.0. The summed E-state index contributed by atoms with van der Waals surface area (Å²) in [5, 5.41) is 10.4. The molecule has 0 N–H and O–H groups in total. The zero-order valence-electron chi connectivity index (χ0n) is 21.0. The van der Waals surface area contributed by atoms with Gasteiger partial charge in [0.25, 0.3) is 11.6 Å². The molecule has 11 heteroatoms. The van der Waals surface area contributed by atoms with Crippen LogP contribution in [0.2, 0.25) is 5.02 Å². The second-order valence-corrected chi connectivity index (χ2v) is 10.4. The van der Waals surface area contributed by atoms with E-state index in [0.717, 1.165) is 22.2 Å². The summed E-state index contributed by atoms with van der Waals surface area (Å²) in [6.07, 6.45) is -1.21. The summed E-state index contributed by atoms with van der Waals surface area (Å²) in [5.41, 5.74) is 1.18. The number of esters is 1. The summed E-state index contributed by atoms with van der Waals surface area (Å²) in [4.78, 5) is 42.4. The molecule has 0 aromatic heterocycles. The number of non-ortho nitro benzene ring substituents is 1. The van der Waals surface area contributed by atoms with E-state index in [0.29, 0.717) is 18.8 Å². The molecule has 0 radical (unpaired) electrons. The molecule has 1 aliphatic heterocycles. The van der Waals surface area contributed by atoms with Gasteiger partial charge in [-0.3, -0.25) is 14.9 Å². The maximum atomic E-state index is 14.1. The van der Waals surface area contributed by atoms with Gasteiger partial charge in [0.1, 0.15) is 5.75 Å². The highest BCUT2D eigenvalue weighted by atomic mass is 35.5. The van der Waals surface area contributed by atoms with Gasteiger partial charge in [-0.05, 0) is 50.0 Å². The lowest BCUT2D eigenvalue weighted by Crippen LogP contribution is -2.45. The third-order valence-electron chi connectivity index (χ3n) is 6.03. The molecule has 4 rings (SSSR count). The third-order valence-corrected chi connectivity index (χ3v) is 7.71. The first-order chi connectivity index (χ1) is 18.2. The van der Waals surface area contributed by atoms with Gasteiger partial charge in [0, 0.05) is 30.1 Å². The molecule has 9 nitrogen and oxygen atoms in total. The molecule has 0 saturated carbocycles. The number of halogens is 1. The number of methoxy groups -OCH3 is 1.